The fourth-order valence-corrected chi connectivity index (χ4v) is 3.60. The van der Waals surface area contributed by atoms with E-state index in [4.69, 9.17) is 4.74 Å². The zero-order chi connectivity index (χ0) is 19.4. The summed E-state index contributed by atoms with van der Waals surface area (Å²) in [6, 6.07) is 0. The first-order valence-corrected chi connectivity index (χ1v) is 10.6. The minimum absolute atomic E-state index is 0.0434. The van der Waals surface area contributed by atoms with Crippen molar-refractivity contribution < 1.29 is 13.2 Å². The molecule has 2 rings (SSSR count). The van der Waals surface area contributed by atoms with Gasteiger partial charge in [0.25, 0.3) is 0 Å². The van der Waals surface area contributed by atoms with Gasteiger partial charge in [-0.05, 0) is 27.7 Å². The summed E-state index contributed by atoms with van der Waals surface area (Å²) in [5.74, 6) is 0.774. The largest absolute Gasteiger partial charge is 0.370 e. The Morgan fingerprint density at radius 3 is 2.77 bits per heavy atom. The summed E-state index contributed by atoms with van der Waals surface area (Å²) in [5.41, 5.74) is 1.03. The third kappa shape index (κ3) is 5.20. The van der Waals surface area contributed by atoms with Gasteiger partial charge in [-0.15, -0.1) is 0 Å². The van der Waals surface area contributed by atoms with Crippen molar-refractivity contribution >= 4 is 15.8 Å². The maximum Gasteiger partial charge on any atom is 0.194 e. The Labute approximate surface area is 156 Å². The molecule has 2 heterocycles. The molecule has 0 radical (unpaired) electrons. The second kappa shape index (κ2) is 8.39. The van der Waals surface area contributed by atoms with E-state index in [0.717, 1.165) is 18.1 Å². The van der Waals surface area contributed by atoms with Crippen LogP contribution in [0.5, 0.6) is 0 Å². The molecule has 1 saturated heterocycles. The Hall–Kier alpha value is -1.61. The van der Waals surface area contributed by atoms with Gasteiger partial charge in [0.1, 0.15) is 6.10 Å². The highest BCUT2D eigenvalue weighted by Gasteiger charge is 2.29. The summed E-state index contributed by atoms with van der Waals surface area (Å²) >= 11 is 0. The fourth-order valence-electron chi connectivity index (χ4n) is 2.65. The lowest BCUT2D eigenvalue weighted by molar-refractivity contribution is -0.00802. The van der Waals surface area contributed by atoms with Crippen LogP contribution in [0, 0.1) is 0 Å². The Balaban J connectivity index is 2.05. The molecule has 26 heavy (non-hydrogen) atoms. The van der Waals surface area contributed by atoms with Crippen molar-refractivity contribution in [3.8, 4) is 0 Å². The molecule has 1 aliphatic heterocycles. The van der Waals surface area contributed by atoms with Gasteiger partial charge < -0.3 is 15.0 Å². The maximum atomic E-state index is 12.3. The average molecular weight is 386 g/mol. The summed E-state index contributed by atoms with van der Waals surface area (Å²) < 4.78 is 31.4. The van der Waals surface area contributed by atoms with Crippen LogP contribution in [-0.2, 0) is 21.6 Å². The zero-order valence-electron chi connectivity index (χ0n) is 16.4. The lowest BCUT2D eigenvalue weighted by atomic mass is 10.1. The van der Waals surface area contributed by atoms with Gasteiger partial charge in [-0.2, -0.15) is 5.10 Å². The Morgan fingerprint density at radius 1 is 1.46 bits per heavy atom. The summed E-state index contributed by atoms with van der Waals surface area (Å²) in [5, 5.41) is 7.46. The van der Waals surface area contributed by atoms with Gasteiger partial charge >= 0.3 is 0 Å². The van der Waals surface area contributed by atoms with E-state index in [1.807, 2.05) is 26.4 Å². The van der Waals surface area contributed by atoms with E-state index < -0.39 is 14.6 Å². The molecular formula is C17H31N5O3S. The number of rotatable bonds is 5. The summed E-state index contributed by atoms with van der Waals surface area (Å²) in [7, 11) is -1.30. The molecule has 0 bridgehead atoms. The second-order valence-electron chi connectivity index (χ2n) is 7.42. The van der Waals surface area contributed by atoms with E-state index in [0.29, 0.717) is 19.7 Å². The number of nitrogens with one attached hydrogen (secondary N) is 1. The van der Waals surface area contributed by atoms with Crippen molar-refractivity contribution in [2.24, 2.45) is 12.0 Å². The monoisotopic (exact) mass is 385 g/mol. The van der Waals surface area contributed by atoms with E-state index in [1.165, 1.54) is 0 Å². The van der Waals surface area contributed by atoms with Gasteiger partial charge in [-0.1, -0.05) is 0 Å². The smallest absolute Gasteiger partial charge is 0.194 e. The maximum absolute atomic E-state index is 12.3. The van der Waals surface area contributed by atoms with Crippen molar-refractivity contribution in [1.82, 2.24) is 20.0 Å². The molecule has 0 saturated carbocycles. The van der Waals surface area contributed by atoms with Crippen LogP contribution in [0.25, 0.3) is 0 Å². The van der Waals surface area contributed by atoms with Crippen molar-refractivity contribution in [2.75, 3.05) is 38.5 Å². The lowest BCUT2D eigenvalue weighted by Gasteiger charge is -2.34. The van der Waals surface area contributed by atoms with Gasteiger partial charge in [0.05, 0.1) is 36.4 Å². The molecule has 9 heteroatoms. The summed E-state index contributed by atoms with van der Waals surface area (Å²) in [6.45, 7) is 10.1. The summed E-state index contributed by atoms with van der Waals surface area (Å²) in [6.07, 6.45) is 3.70. The number of hydrogen-bond donors (Lipinski definition) is 1. The third-order valence-electron chi connectivity index (χ3n) is 4.35. The Bertz CT molecular complexity index is 721. The first kappa shape index (κ1) is 20.7. The fraction of sp³-hybridized carbons (Fsp3) is 0.765. The number of ether oxygens (including phenoxy) is 1. The third-order valence-corrected chi connectivity index (χ3v) is 6.94. The van der Waals surface area contributed by atoms with Crippen LogP contribution < -0.4 is 5.32 Å². The molecule has 0 spiro atoms. The first-order chi connectivity index (χ1) is 12.1. The Kier molecular flexibility index (Phi) is 6.68. The van der Waals surface area contributed by atoms with E-state index in [2.05, 4.69) is 20.3 Å². The highest BCUT2D eigenvalue weighted by molar-refractivity contribution is 7.92. The molecule has 1 N–H and O–H groups in total. The van der Waals surface area contributed by atoms with Crippen LogP contribution in [-0.4, -0.2) is 72.3 Å². The molecule has 1 atom stereocenters. The van der Waals surface area contributed by atoms with E-state index in [9.17, 15) is 8.42 Å². The number of sulfone groups is 1. The second-order valence-corrected chi connectivity index (χ2v) is 10.3. The highest BCUT2D eigenvalue weighted by atomic mass is 32.2. The number of aryl methyl sites for hydroxylation is 1. The quantitative estimate of drug-likeness (QED) is 0.600. The number of morpholine rings is 1. The molecule has 1 fully saturated rings. The van der Waals surface area contributed by atoms with Crippen molar-refractivity contribution in [3.05, 3.63) is 18.0 Å². The number of guanidine groups is 1. The minimum atomic E-state index is -3.18. The van der Waals surface area contributed by atoms with Crippen molar-refractivity contribution in [1.29, 1.82) is 0 Å². The van der Waals surface area contributed by atoms with Gasteiger partial charge in [-0.3, -0.25) is 9.67 Å². The normalized spacial score (nSPS) is 19.7. The lowest BCUT2D eigenvalue weighted by Crippen LogP contribution is -2.48. The summed E-state index contributed by atoms with van der Waals surface area (Å²) in [4.78, 5) is 6.66. The van der Waals surface area contributed by atoms with Crippen LogP contribution >= 0.6 is 0 Å². The molecule has 0 aliphatic carbocycles. The number of hydrogen-bond acceptors (Lipinski definition) is 5. The van der Waals surface area contributed by atoms with Gasteiger partial charge in [0.2, 0.25) is 0 Å². The zero-order valence-corrected chi connectivity index (χ0v) is 17.2. The number of aliphatic imine (C=N–C) groups is 1. The molecule has 148 valence electrons. The van der Waals surface area contributed by atoms with Gasteiger partial charge in [0.15, 0.2) is 15.8 Å². The van der Waals surface area contributed by atoms with Crippen LogP contribution in [0.15, 0.2) is 17.4 Å². The van der Waals surface area contributed by atoms with Crippen molar-refractivity contribution in [3.63, 3.8) is 0 Å². The molecule has 8 nitrogen and oxygen atoms in total. The van der Waals surface area contributed by atoms with E-state index in [1.54, 1.807) is 25.5 Å². The molecule has 1 unspecified atom stereocenters. The van der Waals surface area contributed by atoms with E-state index in [-0.39, 0.29) is 18.4 Å². The first-order valence-electron chi connectivity index (χ1n) is 8.99. The minimum Gasteiger partial charge on any atom is -0.370 e. The van der Waals surface area contributed by atoms with Crippen LogP contribution in [0.3, 0.4) is 0 Å². The Morgan fingerprint density at radius 2 is 2.19 bits per heavy atom. The average Bonchev–Trinajstić information content (AvgIpc) is 2.99. The van der Waals surface area contributed by atoms with Crippen molar-refractivity contribution in [2.45, 2.75) is 38.5 Å². The number of aromatic nitrogens is 2. The van der Waals surface area contributed by atoms with E-state index >= 15 is 0 Å². The molecule has 1 aliphatic rings. The number of nitrogens with zero attached hydrogens (tertiary/aromatic N) is 4. The molecule has 1 aromatic heterocycles. The standard InChI is InChI=1S/C17H31N5O3S/c1-6-18-16(19-7-10-26(23,24)17(2,3)4)22-8-9-25-15(13-22)14-11-20-21(5)12-14/h11-12,15H,6-10,13H2,1-5H3,(H,18,19). The topological polar surface area (TPSA) is 88.8 Å². The molecule has 0 amide bonds. The van der Waals surface area contributed by atoms with Gasteiger partial charge in [-0.25, -0.2) is 8.42 Å². The SMILES string of the molecule is CCNC(=NCCS(=O)(=O)C(C)(C)C)N1CCOC(c2cnn(C)c2)C1. The van der Waals surface area contributed by atoms with Crippen LogP contribution in [0.4, 0.5) is 0 Å². The molecule has 1 aromatic rings. The van der Waals surface area contributed by atoms with Crippen LogP contribution in [0.1, 0.15) is 39.4 Å². The molecular weight excluding hydrogens is 354 g/mol. The van der Waals surface area contributed by atoms with Crippen LogP contribution in [0.2, 0.25) is 0 Å². The predicted molar refractivity (Wildman–Crippen MR) is 103 cm³/mol. The predicted octanol–water partition coefficient (Wildman–Crippen LogP) is 0.972. The highest BCUT2D eigenvalue weighted by Crippen LogP contribution is 2.21. The van der Waals surface area contributed by atoms with Gasteiger partial charge in [0, 0.05) is 31.9 Å². The molecule has 0 aromatic carbocycles.